The van der Waals surface area contributed by atoms with Crippen LogP contribution < -0.4 is 16.4 Å². The van der Waals surface area contributed by atoms with Crippen LogP contribution in [0.5, 0.6) is 5.75 Å². The molecular weight excluding hydrogens is 434 g/mol. The number of aliphatic hydroxyl groups is 2. The Morgan fingerprint density at radius 2 is 1.76 bits per heavy atom. The Morgan fingerprint density at radius 3 is 2.53 bits per heavy atom. The smallest absolute Gasteiger partial charge is 0.316 e. The SMILES string of the molecule is NC(=O)Nc1cccc(CCCCOCCCCCCNC[C@H](O)c2ccc(O)c(CO)c2)c1. The van der Waals surface area contributed by atoms with E-state index in [1.54, 1.807) is 12.1 Å². The average Bonchev–Trinajstić information content (AvgIpc) is 2.82. The van der Waals surface area contributed by atoms with Gasteiger partial charge in [-0.25, -0.2) is 4.79 Å². The van der Waals surface area contributed by atoms with Gasteiger partial charge in [0.1, 0.15) is 5.75 Å². The van der Waals surface area contributed by atoms with Gasteiger partial charge in [-0.2, -0.15) is 0 Å². The number of amides is 2. The number of carbonyl (C=O) groups is 1. The monoisotopic (exact) mass is 473 g/mol. The number of aryl methyl sites for hydroxylation is 1. The Hall–Kier alpha value is -2.65. The lowest BCUT2D eigenvalue weighted by atomic mass is 10.1. The molecule has 8 heteroatoms. The van der Waals surface area contributed by atoms with E-state index >= 15 is 0 Å². The van der Waals surface area contributed by atoms with Crippen LogP contribution in [0, 0.1) is 0 Å². The highest BCUT2D eigenvalue weighted by Crippen LogP contribution is 2.22. The van der Waals surface area contributed by atoms with E-state index in [4.69, 9.17) is 10.5 Å². The van der Waals surface area contributed by atoms with E-state index in [2.05, 4.69) is 10.6 Å². The fraction of sp³-hybridized carbons (Fsp3) is 0.500. The molecule has 188 valence electrons. The van der Waals surface area contributed by atoms with Crippen molar-refractivity contribution in [3.05, 3.63) is 59.2 Å². The van der Waals surface area contributed by atoms with E-state index in [1.807, 2.05) is 24.3 Å². The van der Waals surface area contributed by atoms with Crippen molar-refractivity contribution in [1.82, 2.24) is 5.32 Å². The summed E-state index contributed by atoms with van der Waals surface area (Å²) in [4.78, 5) is 10.9. The van der Waals surface area contributed by atoms with Crippen molar-refractivity contribution in [3.63, 3.8) is 0 Å². The number of aliphatic hydroxyl groups excluding tert-OH is 2. The van der Waals surface area contributed by atoms with Crippen LogP contribution in [0.3, 0.4) is 0 Å². The topological polar surface area (TPSA) is 137 Å². The van der Waals surface area contributed by atoms with E-state index in [9.17, 15) is 20.1 Å². The molecule has 0 aliphatic rings. The molecule has 2 aromatic carbocycles. The molecule has 0 radical (unpaired) electrons. The van der Waals surface area contributed by atoms with Gasteiger partial charge in [0.05, 0.1) is 12.7 Å². The Morgan fingerprint density at radius 1 is 1.00 bits per heavy atom. The average molecular weight is 474 g/mol. The first-order chi connectivity index (χ1) is 16.5. The highest BCUT2D eigenvalue weighted by molar-refractivity contribution is 5.87. The number of anilines is 1. The fourth-order valence-corrected chi connectivity index (χ4v) is 3.69. The number of hydrogen-bond acceptors (Lipinski definition) is 6. The van der Waals surface area contributed by atoms with Crippen molar-refractivity contribution in [2.24, 2.45) is 5.73 Å². The normalized spacial score (nSPS) is 11.9. The molecule has 0 bridgehead atoms. The summed E-state index contributed by atoms with van der Waals surface area (Å²) in [6.07, 6.45) is 6.60. The minimum Gasteiger partial charge on any atom is -0.508 e. The fourth-order valence-electron chi connectivity index (χ4n) is 3.69. The van der Waals surface area contributed by atoms with Crippen molar-refractivity contribution in [2.45, 2.75) is 57.7 Å². The van der Waals surface area contributed by atoms with Crippen molar-refractivity contribution >= 4 is 11.7 Å². The standard InChI is InChI=1S/C26H39N3O5/c27-26(33)29-23-10-7-9-20(16-23)8-3-6-15-34-14-5-2-1-4-13-28-18-25(32)21-11-12-24(31)22(17-21)19-30/h7,9-12,16-17,25,28,30-32H,1-6,8,13-15,18-19H2,(H3,27,29,33)/t25-/m0/s1. The van der Waals surface area contributed by atoms with Gasteiger partial charge in [-0.15, -0.1) is 0 Å². The van der Waals surface area contributed by atoms with Gasteiger partial charge in [0, 0.05) is 31.0 Å². The number of benzene rings is 2. The second-order valence-electron chi connectivity index (χ2n) is 8.44. The Balaban J connectivity index is 1.41. The Kier molecular flexibility index (Phi) is 13.0. The largest absolute Gasteiger partial charge is 0.508 e. The number of unbranched alkanes of at least 4 members (excludes halogenated alkanes) is 4. The number of hydrogen-bond donors (Lipinski definition) is 6. The predicted molar refractivity (Wildman–Crippen MR) is 134 cm³/mol. The zero-order chi connectivity index (χ0) is 24.6. The zero-order valence-corrected chi connectivity index (χ0v) is 19.8. The quantitative estimate of drug-likeness (QED) is 0.194. The van der Waals surface area contributed by atoms with Crippen molar-refractivity contribution in [2.75, 3.05) is 31.6 Å². The summed E-state index contributed by atoms with van der Waals surface area (Å²) in [6, 6.07) is 12.0. The summed E-state index contributed by atoms with van der Waals surface area (Å²) in [6.45, 7) is 2.55. The first kappa shape index (κ1) is 27.6. The first-order valence-corrected chi connectivity index (χ1v) is 12.0. The van der Waals surface area contributed by atoms with Crippen LogP contribution in [0.25, 0.3) is 0 Å². The van der Waals surface area contributed by atoms with Gasteiger partial charge < -0.3 is 36.4 Å². The number of ether oxygens (including phenoxy) is 1. The highest BCUT2D eigenvalue weighted by Gasteiger charge is 2.09. The third-order valence-corrected chi connectivity index (χ3v) is 5.59. The molecule has 1 atom stereocenters. The molecular formula is C26H39N3O5. The number of nitrogens with two attached hydrogens (primary N) is 1. The summed E-state index contributed by atoms with van der Waals surface area (Å²) in [5.74, 6) is 0.0390. The van der Waals surface area contributed by atoms with Crippen LogP contribution in [-0.4, -0.2) is 47.7 Å². The predicted octanol–water partition coefficient (Wildman–Crippen LogP) is 3.60. The van der Waals surface area contributed by atoms with E-state index in [-0.39, 0.29) is 12.4 Å². The van der Waals surface area contributed by atoms with Crippen LogP contribution in [-0.2, 0) is 17.8 Å². The summed E-state index contributed by atoms with van der Waals surface area (Å²) in [7, 11) is 0. The molecule has 0 unspecified atom stereocenters. The number of aromatic hydroxyl groups is 1. The molecule has 0 heterocycles. The molecule has 0 aromatic heterocycles. The minimum absolute atomic E-state index is 0.0390. The molecule has 7 N–H and O–H groups in total. The number of primary amides is 1. The summed E-state index contributed by atoms with van der Waals surface area (Å²) < 4.78 is 5.73. The number of nitrogens with one attached hydrogen (secondary N) is 2. The molecule has 34 heavy (non-hydrogen) atoms. The molecule has 0 aliphatic carbocycles. The van der Waals surface area contributed by atoms with Gasteiger partial charge in [0.2, 0.25) is 0 Å². The van der Waals surface area contributed by atoms with Crippen LogP contribution in [0.15, 0.2) is 42.5 Å². The molecule has 2 aromatic rings. The van der Waals surface area contributed by atoms with Gasteiger partial charge in [0.25, 0.3) is 0 Å². The number of phenols is 1. The van der Waals surface area contributed by atoms with Crippen molar-refractivity contribution in [3.8, 4) is 5.75 Å². The lowest BCUT2D eigenvalue weighted by Crippen LogP contribution is -2.22. The summed E-state index contributed by atoms with van der Waals surface area (Å²) >= 11 is 0. The molecule has 0 saturated carbocycles. The minimum atomic E-state index is -0.671. The van der Waals surface area contributed by atoms with Gasteiger partial charge >= 0.3 is 6.03 Å². The van der Waals surface area contributed by atoms with Gasteiger partial charge in [0.15, 0.2) is 0 Å². The van der Waals surface area contributed by atoms with E-state index in [1.165, 1.54) is 11.6 Å². The number of rotatable bonds is 17. The maximum atomic E-state index is 10.9. The molecule has 8 nitrogen and oxygen atoms in total. The summed E-state index contributed by atoms with van der Waals surface area (Å²) in [5.41, 5.74) is 8.14. The molecule has 0 fully saturated rings. The lowest BCUT2D eigenvalue weighted by Gasteiger charge is -2.14. The van der Waals surface area contributed by atoms with E-state index < -0.39 is 12.1 Å². The van der Waals surface area contributed by atoms with Gasteiger partial charge in [-0.05, 0) is 74.0 Å². The van der Waals surface area contributed by atoms with Gasteiger partial charge in [-0.3, -0.25) is 0 Å². The second-order valence-corrected chi connectivity index (χ2v) is 8.44. The van der Waals surface area contributed by atoms with Crippen molar-refractivity contribution in [1.29, 1.82) is 0 Å². The Labute approximate surface area is 202 Å². The van der Waals surface area contributed by atoms with Crippen LogP contribution in [0.1, 0.15) is 61.3 Å². The summed E-state index contributed by atoms with van der Waals surface area (Å²) in [5, 5.41) is 34.9. The number of carbonyl (C=O) groups excluding carboxylic acids is 1. The van der Waals surface area contributed by atoms with Crippen LogP contribution in [0.2, 0.25) is 0 Å². The third-order valence-electron chi connectivity index (χ3n) is 5.59. The maximum Gasteiger partial charge on any atom is 0.316 e. The molecule has 2 amide bonds. The number of urea groups is 1. The lowest BCUT2D eigenvalue weighted by molar-refractivity contribution is 0.126. The van der Waals surface area contributed by atoms with Crippen LogP contribution in [0.4, 0.5) is 10.5 Å². The van der Waals surface area contributed by atoms with E-state index in [0.29, 0.717) is 17.7 Å². The molecule has 0 saturated heterocycles. The highest BCUT2D eigenvalue weighted by atomic mass is 16.5. The molecule has 0 spiro atoms. The second kappa shape index (κ2) is 16.1. The van der Waals surface area contributed by atoms with Crippen LogP contribution >= 0.6 is 0 Å². The maximum absolute atomic E-state index is 10.9. The third kappa shape index (κ3) is 11.0. The molecule has 0 aliphatic heterocycles. The molecule has 2 rings (SSSR count). The first-order valence-electron chi connectivity index (χ1n) is 12.0. The van der Waals surface area contributed by atoms with E-state index in [0.717, 1.165) is 70.4 Å². The van der Waals surface area contributed by atoms with Gasteiger partial charge in [-0.1, -0.05) is 31.0 Å². The Bertz CT molecular complexity index is 862. The van der Waals surface area contributed by atoms with Crippen molar-refractivity contribution < 1.29 is 24.9 Å². The zero-order valence-electron chi connectivity index (χ0n) is 19.8.